The standard InChI is InChI=1S/C12H11ClFN3O3S/c1-21(19,20)12-15-4-5-17(12)7-11(18)16-10-6-8(13)2-3-9(10)14/h2-6H,7H2,1H3,(H,16,18). The van der Waals surface area contributed by atoms with Gasteiger partial charge in [-0.25, -0.2) is 17.8 Å². The SMILES string of the molecule is CS(=O)(=O)c1nccn1CC(=O)Nc1cc(Cl)ccc1F. The summed E-state index contributed by atoms with van der Waals surface area (Å²) >= 11 is 5.72. The maximum atomic E-state index is 13.5. The third-order valence-corrected chi connectivity index (χ3v) is 3.76. The van der Waals surface area contributed by atoms with Crippen LogP contribution in [-0.2, 0) is 21.2 Å². The minimum atomic E-state index is -3.55. The Morgan fingerprint density at radius 3 is 2.86 bits per heavy atom. The van der Waals surface area contributed by atoms with Gasteiger partial charge in [0.15, 0.2) is 0 Å². The second-order valence-electron chi connectivity index (χ2n) is 4.28. The first kappa shape index (κ1) is 15.5. The molecule has 112 valence electrons. The highest BCUT2D eigenvalue weighted by Crippen LogP contribution is 2.19. The molecule has 0 saturated heterocycles. The van der Waals surface area contributed by atoms with Crippen LogP contribution in [0.1, 0.15) is 0 Å². The highest BCUT2D eigenvalue weighted by atomic mass is 35.5. The number of rotatable bonds is 4. The molecule has 1 heterocycles. The normalized spacial score (nSPS) is 11.4. The third kappa shape index (κ3) is 3.79. The van der Waals surface area contributed by atoms with Gasteiger partial charge in [-0.3, -0.25) is 4.79 Å². The zero-order valence-electron chi connectivity index (χ0n) is 10.9. The first-order chi connectivity index (χ1) is 9.77. The average Bonchev–Trinajstić information content (AvgIpc) is 2.81. The summed E-state index contributed by atoms with van der Waals surface area (Å²) in [5, 5.41) is 2.36. The number of nitrogens with zero attached hydrogens (tertiary/aromatic N) is 2. The lowest BCUT2D eigenvalue weighted by Crippen LogP contribution is -2.21. The van der Waals surface area contributed by atoms with Gasteiger partial charge < -0.3 is 9.88 Å². The second kappa shape index (κ2) is 5.82. The van der Waals surface area contributed by atoms with E-state index in [9.17, 15) is 17.6 Å². The highest BCUT2D eigenvalue weighted by Gasteiger charge is 2.17. The molecule has 9 heteroatoms. The molecule has 1 N–H and O–H groups in total. The number of nitrogens with one attached hydrogen (secondary N) is 1. The van der Waals surface area contributed by atoms with Gasteiger partial charge in [-0.05, 0) is 18.2 Å². The maximum Gasteiger partial charge on any atom is 0.244 e. The van der Waals surface area contributed by atoms with Gasteiger partial charge in [0.05, 0.1) is 5.69 Å². The van der Waals surface area contributed by atoms with Gasteiger partial charge in [0.25, 0.3) is 0 Å². The largest absolute Gasteiger partial charge is 0.322 e. The van der Waals surface area contributed by atoms with Gasteiger partial charge in [-0.15, -0.1) is 0 Å². The van der Waals surface area contributed by atoms with E-state index in [1.807, 2.05) is 0 Å². The number of benzene rings is 1. The first-order valence-electron chi connectivity index (χ1n) is 5.73. The smallest absolute Gasteiger partial charge is 0.244 e. The predicted molar refractivity (Wildman–Crippen MR) is 75.4 cm³/mol. The molecule has 0 fully saturated rings. The number of aromatic nitrogens is 2. The number of carbonyl (C=O) groups is 1. The number of hydrogen-bond acceptors (Lipinski definition) is 4. The Hall–Kier alpha value is -1.93. The molecule has 0 unspecified atom stereocenters. The zero-order chi connectivity index (χ0) is 15.6. The summed E-state index contributed by atoms with van der Waals surface area (Å²) in [6, 6.07) is 3.74. The number of sulfone groups is 1. The molecule has 0 aliphatic carbocycles. The fraction of sp³-hybridized carbons (Fsp3) is 0.167. The summed E-state index contributed by atoms with van der Waals surface area (Å²) in [5.41, 5.74) is -0.0754. The van der Waals surface area contributed by atoms with Crippen LogP contribution >= 0.6 is 11.6 Å². The van der Waals surface area contributed by atoms with E-state index in [4.69, 9.17) is 11.6 Å². The molecular formula is C12H11ClFN3O3S. The molecule has 0 saturated carbocycles. The van der Waals surface area contributed by atoms with Crippen molar-refractivity contribution in [1.29, 1.82) is 0 Å². The molecule has 0 spiro atoms. The van der Waals surface area contributed by atoms with E-state index in [0.29, 0.717) is 0 Å². The van der Waals surface area contributed by atoms with Crippen LogP contribution in [0.4, 0.5) is 10.1 Å². The van der Waals surface area contributed by atoms with E-state index < -0.39 is 21.6 Å². The molecule has 0 aliphatic rings. The zero-order valence-corrected chi connectivity index (χ0v) is 12.4. The Bertz CT molecular complexity index is 789. The van der Waals surface area contributed by atoms with Crippen molar-refractivity contribution in [2.24, 2.45) is 0 Å². The number of hydrogen-bond donors (Lipinski definition) is 1. The summed E-state index contributed by atoms with van der Waals surface area (Å²) < 4.78 is 37.6. The molecule has 1 aromatic carbocycles. The van der Waals surface area contributed by atoms with Crippen molar-refractivity contribution in [3.63, 3.8) is 0 Å². The van der Waals surface area contributed by atoms with E-state index in [1.54, 1.807) is 0 Å². The Morgan fingerprint density at radius 2 is 2.19 bits per heavy atom. The minimum Gasteiger partial charge on any atom is -0.322 e. The number of halogens is 2. The summed E-state index contributed by atoms with van der Waals surface area (Å²) in [4.78, 5) is 15.5. The van der Waals surface area contributed by atoms with Gasteiger partial charge in [0.1, 0.15) is 12.4 Å². The second-order valence-corrected chi connectivity index (χ2v) is 6.63. The molecule has 1 amide bonds. The van der Waals surface area contributed by atoms with Crippen LogP contribution in [0.5, 0.6) is 0 Å². The van der Waals surface area contributed by atoms with E-state index >= 15 is 0 Å². The van der Waals surface area contributed by atoms with Gasteiger partial charge in [-0.2, -0.15) is 0 Å². The molecule has 0 atom stereocenters. The van der Waals surface area contributed by atoms with Crippen molar-refractivity contribution in [1.82, 2.24) is 9.55 Å². The maximum absolute atomic E-state index is 13.5. The third-order valence-electron chi connectivity index (χ3n) is 2.53. The molecule has 6 nitrogen and oxygen atoms in total. The van der Waals surface area contributed by atoms with Crippen molar-refractivity contribution in [2.45, 2.75) is 11.7 Å². The lowest BCUT2D eigenvalue weighted by atomic mass is 10.3. The molecule has 1 aromatic heterocycles. The van der Waals surface area contributed by atoms with Crippen molar-refractivity contribution in [3.05, 3.63) is 41.4 Å². The Kier molecular flexibility index (Phi) is 4.29. The van der Waals surface area contributed by atoms with Crippen LogP contribution in [0.25, 0.3) is 0 Å². The van der Waals surface area contributed by atoms with Crippen molar-refractivity contribution < 1.29 is 17.6 Å². The molecular weight excluding hydrogens is 321 g/mol. The average molecular weight is 332 g/mol. The van der Waals surface area contributed by atoms with Gasteiger partial charge in [0, 0.05) is 23.7 Å². The predicted octanol–water partition coefficient (Wildman–Crippen LogP) is 1.72. The molecule has 2 rings (SSSR count). The Balaban J connectivity index is 2.16. The fourth-order valence-corrected chi connectivity index (χ4v) is 2.66. The van der Waals surface area contributed by atoms with Crippen LogP contribution < -0.4 is 5.32 Å². The summed E-state index contributed by atoms with van der Waals surface area (Å²) in [7, 11) is -3.55. The van der Waals surface area contributed by atoms with Crippen LogP contribution in [0, 0.1) is 5.82 Å². The topological polar surface area (TPSA) is 81.1 Å². The molecule has 21 heavy (non-hydrogen) atoms. The van der Waals surface area contributed by atoms with E-state index in [0.717, 1.165) is 16.9 Å². The lowest BCUT2D eigenvalue weighted by Gasteiger charge is -2.09. The van der Waals surface area contributed by atoms with Crippen LogP contribution in [-0.4, -0.2) is 30.1 Å². The van der Waals surface area contributed by atoms with E-state index in [2.05, 4.69) is 10.3 Å². The fourth-order valence-electron chi connectivity index (χ4n) is 1.68. The van der Waals surface area contributed by atoms with Crippen LogP contribution in [0.2, 0.25) is 5.02 Å². The number of amides is 1. The van der Waals surface area contributed by atoms with E-state index in [-0.39, 0.29) is 22.4 Å². The monoisotopic (exact) mass is 331 g/mol. The van der Waals surface area contributed by atoms with Gasteiger partial charge in [-0.1, -0.05) is 11.6 Å². The van der Waals surface area contributed by atoms with Crippen molar-refractivity contribution in [3.8, 4) is 0 Å². The molecule has 0 radical (unpaired) electrons. The Labute approximate surface area is 125 Å². The number of anilines is 1. The summed E-state index contributed by atoms with van der Waals surface area (Å²) in [6.45, 7) is -0.311. The van der Waals surface area contributed by atoms with Gasteiger partial charge >= 0.3 is 0 Å². The Morgan fingerprint density at radius 1 is 1.48 bits per heavy atom. The highest BCUT2D eigenvalue weighted by molar-refractivity contribution is 7.90. The van der Waals surface area contributed by atoms with Crippen LogP contribution in [0.3, 0.4) is 0 Å². The first-order valence-corrected chi connectivity index (χ1v) is 8.00. The quantitative estimate of drug-likeness (QED) is 0.925. The summed E-state index contributed by atoms with van der Waals surface area (Å²) in [5.74, 6) is -1.24. The van der Waals surface area contributed by atoms with Gasteiger partial charge in [0.2, 0.25) is 20.9 Å². The molecule has 0 bridgehead atoms. The van der Waals surface area contributed by atoms with E-state index in [1.165, 1.54) is 24.5 Å². The number of carbonyl (C=O) groups excluding carboxylic acids is 1. The lowest BCUT2D eigenvalue weighted by molar-refractivity contribution is -0.116. The summed E-state index contributed by atoms with van der Waals surface area (Å²) in [6.07, 6.45) is 3.61. The van der Waals surface area contributed by atoms with Crippen molar-refractivity contribution in [2.75, 3.05) is 11.6 Å². The number of imidazole rings is 1. The molecule has 2 aromatic rings. The van der Waals surface area contributed by atoms with Crippen LogP contribution in [0.15, 0.2) is 35.7 Å². The van der Waals surface area contributed by atoms with Crippen molar-refractivity contribution >= 4 is 33.0 Å². The minimum absolute atomic E-state index is 0.0754. The molecule has 0 aliphatic heterocycles.